The van der Waals surface area contributed by atoms with Crippen molar-refractivity contribution in [3.8, 4) is 0 Å². The van der Waals surface area contributed by atoms with Crippen molar-refractivity contribution in [2.24, 2.45) is 5.92 Å². The van der Waals surface area contributed by atoms with Crippen molar-refractivity contribution in [1.82, 2.24) is 0 Å². The van der Waals surface area contributed by atoms with E-state index in [0.29, 0.717) is 13.2 Å². The number of rotatable bonds is 5. The zero-order chi connectivity index (χ0) is 11.3. The highest BCUT2D eigenvalue weighted by atomic mass is 16.5. The molecule has 0 saturated carbocycles. The smallest absolute Gasteiger partial charge is 0.0717 e. The molecule has 1 unspecified atom stereocenters. The number of hydrogen-bond acceptors (Lipinski definition) is 2. The van der Waals surface area contributed by atoms with Gasteiger partial charge in [-0.05, 0) is 19.4 Å². The van der Waals surface area contributed by atoms with E-state index in [1.807, 2.05) is 51.1 Å². The molecule has 1 aromatic carbocycles. The molecule has 0 saturated heterocycles. The fraction of sp³-hybridized carbons (Fsp3) is 0.538. The molecule has 1 rings (SSSR count). The first-order chi connectivity index (χ1) is 7.00. The first-order valence-electron chi connectivity index (χ1n) is 5.34. The summed E-state index contributed by atoms with van der Waals surface area (Å²) in [6, 6.07) is 10.1. The van der Waals surface area contributed by atoms with Crippen molar-refractivity contribution in [2.45, 2.75) is 33.0 Å². The minimum Gasteiger partial charge on any atom is -0.390 e. The van der Waals surface area contributed by atoms with Crippen LogP contribution in [0.1, 0.15) is 26.3 Å². The highest BCUT2D eigenvalue weighted by Crippen LogP contribution is 2.16. The minimum absolute atomic E-state index is 0.140. The van der Waals surface area contributed by atoms with Gasteiger partial charge in [-0.15, -0.1) is 0 Å². The Morgan fingerprint density at radius 2 is 1.87 bits per heavy atom. The van der Waals surface area contributed by atoms with E-state index in [4.69, 9.17) is 4.74 Å². The van der Waals surface area contributed by atoms with Crippen molar-refractivity contribution in [3.05, 3.63) is 35.9 Å². The van der Waals surface area contributed by atoms with Gasteiger partial charge in [-0.25, -0.2) is 0 Å². The van der Waals surface area contributed by atoms with Crippen molar-refractivity contribution in [1.29, 1.82) is 0 Å². The molecule has 0 aliphatic rings. The number of benzene rings is 1. The molecule has 0 spiro atoms. The van der Waals surface area contributed by atoms with Gasteiger partial charge in [0.15, 0.2) is 0 Å². The van der Waals surface area contributed by atoms with Crippen LogP contribution in [0.4, 0.5) is 0 Å². The first-order valence-corrected chi connectivity index (χ1v) is 5.34. The van der Waals surface area contributed by atoms with Gasteiger partial charge in [0, 0.05) is 5.92 Å². The maximum Gasteiger partial charge on any atom is 0.0717 e. The summed E-state index contributed by atoms with van der Waals surface area (Å²) in [6.45, 7) is 6.80. The zero-order valence-corrected chi connectivity index (χ0v) is 9.73. The predicted molar refractivity (Wildman–Crippen MR) is 61.6 cm³/mol. The molecule has 2 heteroatoms. The number of aliphatic hydroxyl groups is 1. The summed E-state index contributed by atoms with van der Waals surface area (Å²) in [4.78, 5) is 0. The first kappa shape index (κ1) is 12.2. The maximum absolute atomic E-state index is 9.70. The van der Waals surface area contributed by atoms with E-state index in [9.17, 15) is 5.11 Å². The van der Waals surface area contributed by atoms with Gasteiger partial charge >= 0.3 is 0 Å². The summed E-state index contributed by atoms with van der Waals surface area (Å²) < 4.78 is 5.55. The van der Waals surface area contributed by atoms with Gasteiger partial charge in [-0.3, -0.25) is 0 Å². The average molecular weight is 208 g/mol. The summed E-state index contributed by atoms with van der Waals surface area (Å²) in [5.74, 6) is 0.140. The zero-order valence-electron chi connectivity index (χ0n) is 9.73. The lowest BCUT2D eigenvalue weighted by molar-refractivity contribution is -0.0250. The third kappa shape index (κ3) is 4.45. The van der Waals surface area contributed by atoms with Gasteiger partial charge in [-0.2, -0.15) is 0 Å². The van der Waals surface area contributed by atoms with Crippen molar-refractivity contribution >= 4 is 0 Å². The summed E-state index contributed by atoms with van der Waals surface area (Å²) >= 11 is 0. The van der Waals surface area contributed by atoms with E-state index in [1.165, 1.54) is 5.56 Å². The van der Waals surface area contributed by atoms with Gasteiger partial charge in [0.1, 0.15) is 0 Å². The molecular formula is C13H20O2. The van der Waals surface area contributed by atoms with Gasteiger partial charge in [-0.1, -0.05) is 37.3 Å². The third-order valence-corrected chi connectivity index (χ3v) is 2.69. The van der Waals surface area contributed by atoms with Crippen LogP contribution in [0.5, 0.6) is 0 Å². The highest BCUT2D eigenvalue weighted by molar-refractivity contribution is 5.13. The summed E-state index contributed by atoms with van der Waals surface area (Å²) in [5.41, 5.74) is 0.497. The van der Waals surface area contributed by atoms with Crippen LogP contribution in [0.25, 0.3) is 0 Å². The molecule has 2 nitrogen and oxygen atoms in total. The fourth-order valence-corrected chi connectivity index (χ4v) is 1.13. The second kappa shape index (κ2) is 5.29. The normalized spacial score (nSPS) is 13.9. The molecular weight excluding hydrogens is 188 g/mol. The average Bonchev–Trinajstić information content (AvgIpc) is 2.18. The summed E-state index contributed by atoms with van der Waals surface area (Å²) in [6.07, 6.45) is 0. The monoisotopic (exact) mass is 208 g/mol. The van der Waals surface area contributed by atoms with Crippen LogP contribution in [0, 0.1) is 5.92 Å². The summed E-state index contributed by atoms with van der Waals surface area (Å²) in [7, 11) is 0. The molecule has 0 amide bonds. The highest BCUT2D eigenvalue weighted by Gasteiger charge is 2.21. The molecule has 1 N–H and O–H groups in total. The summed E-state index contributed by atoms with van der Waals surface area (Å²) in [5, 5.41) is 9.70. The molecule has 0 heterocycles. The molecule has 15 heavy (non-hydrogen) atoms. The molecule has 1 aromatic rings. The predicted octanol–water partition coefficient (Wildman–Crippen LogP) is 2.61. The Kier molecular flexibility index (Phi) is 4.30. The Morgan fingerprint density at radius 3 is 2.40 bits per heavy atom. The number of ether oxygens (including phenoxy) is 1. The molecule has 0 aliphatic heterocycles. The second-order valence-electron chi connectivity index (χ2n) is 4.56. The van der Waals surface area contributed by atoms with Crippen LogP contribution in [-0.4, -0.2) is 17.3 Å². The molecule has 84 valence electrons. The lowest BCUT2D eigenvalue weighted by atomic mass is 9.94. The Hall–Kier alpha value is -0.860. The van der Waals surface area contributed by atoms with E-state index in [0.717, 1.165) is 0 Å². The van der Waals surface area contributed by atoms with Crippen LogP contribution in [0.2, 0.25) is 0 Å². The van der Waals surface area contributed by atoms with Gasteiger partial charge in [0.05, 0.1) is 18.8 Å². The SMILES string of the molecule is CC(COCc1ccccc1)C(C)(C)O. The quantitative estimate of drug-likeness (QED) is 0.806. The molecule has 0 bridgehead atoms. The van der Waals surface area contributed by atoms with E-state index in [1.54, 1.807) is 0 Å². The van der Waals surface area contributed by atoms with Crippen LogP contribution in [-0.2, 0) is 11.3 Å². The number of hydrogen-bond donors (Lipinski definition) is 1. The lowest BCUT2D eigenvalue weighted by Crippen LogP contribution is -2.31. The molecule has 1 atom stereocenters. The van der Waals surface area contributed by atoms with E-state index in [2.05, 4.69) is 0 Å². The Balaban J connectivity index is 2.28. The van der Waals surface area contributed by atoms with Crippen molar-refractivity contribution < 1.29 is 9.84 Å². The molecule has 0 aromatic heterocycles. The molecule has 0 aliphatic carbocycles. The van der Waals surface area contributed by atoms with E-state index >= 15 is 0 Å². The Labute approximate surface area is 91.9 Å². The third-order valence-electron chi connectivity index (χ3n) is 2.69. The molecule has 0 radical (unpaired) electrons. The Morgan fingerprint density at radius 1 is 1.27 bits per heavy atom. The largest absolute Gasteiger partial charge is 0.390 e. The molecule has 0 fully saturated rings. The second-order valence-corrected chi connectivity index (χ2v) is 4.56. The topological polar surface area (TPSA) is 29.5 Å². The van der Waals surface area contributed by atoms with Gasteiger partial charge < -0.3 is 9.84 Å². The van der Waals surface area contributed by atoms with Gasteiger partial charge in [0.2, 0.25) is 0 Å². The fourth-order valence-electron chi connectivity index (χ4n) is 1.13. The van der Waals surface area contributed by atoms with E-state index in [-0.39, 0.29) is 5.92 Å². The van der Waals surface area contributed by atoms with Crippen molar-refractivity contribution in [3.63, 3.8) is 0 Å². The van der Waals surface area contributed by atoms with Gasteiger partial charge in [0.25, 0.3) is 0 Å². The van der Waals surface area contributed by atoms with E-state index < -0.39 is 5.60 Å². The standard InChI is InChI=1S/C13H20O2/c1-11(13(2,3)14)9-15-10-12-7-5-4-6-8-12/h4-8,11,14H,9-10H2,1-3H3. The maximum atomic E-state index is 9.70. The van der Waals surface area contributed by atoms with Crippen LogP contribution >= 0.6 is 0 Å². The van der Waals surface area contributed by atoms with Crippen LogP contribution in [0.3, 0.4) is 0 Å². The van der Waals surface area contributed by atoms with Crippen LogP contribution < -0.4 is 0 Å². The van der Waals surface area contributed by atoms with Crippen LogP contribution in [0.15, 0.2) is 30.3 Å². The lowest BCUT2D eigenvalue weighted by Gasteiger charge is -2.25. The Bertz CT molecular complexity index is 274. The minimum atomic E-state index is -0.670. The van der Waals surface area contributed by atoms with Crippen molar-refractivity contribution in [2.75, 3.05) is 6.61 Å².